The number of quaternary nitrogens is 1. The molecule has 1 unspecified atom stereocenters. The van der Waals surface area contributed by atoms with Crippen LogP contribution in [0, 0.1) is 0 Å². The molecule has 5 heteroatoms. The number of amidine groups is 1. The van der Waals surface area contributed by atoms with Gasteiger partial charge in [-0.25, -0.2) is 4.99 Å². The van der Waals surface area contributed by atoms with Gasteiger partial charge in [-0.3, -0.25) is 9.28 Å². The van der Waals surface area contributed by atoms with Crippen LogP contribution in [-0.2, 0) is 4.79 Å². The standard InChI is InChI=1S/C25H46N2O3/c1-2-3-4-5-6-7-8-9-10-11-12-13-14-15-16-17-24-26-19-21-27(24,22-23-28)20-18-25(29)30/h9-10,28H,2-8,11-23H2,1H3/p+1. The minimum atomic E-state index is -0.766. The molecule has 0 fully saturated rings. The summed E-state index contributed by atoms with van der Waals surface area (Å²) in [5, 5.41) is 18.5. The van der Waals surface area contributed by atoms with E-state index in [-0.39, 0.29) is 13.0 Å². The molecule has 0 aromatic carbocycles. The number of aliphatic hydroxyl groups is 1. The van der Waals surface area contributed by atoms with Crippen LogP contribution in [-0.4, -0.2) is 59.3 Å². The Balaban J connectivity index is 2.06. The lowest BCUT2D eigenvalue weighted by Crippen LogP contribution is -2.53. The van der Waals surface area contributed by atoms with Crippen molar-refractivity contribution in [3.8, 4) is 0 Å². The molecule has 2 N–H and O–H groups in total. The quantitative estimate of drug-likeness (QED) is 0.149. The highest BCUT2D eigenvalue weighted by molar-refractivity contribution is 5.77. The summed E-state index contributed by atoms with van der Waals surface area (Å²) in [6, 6.07) is 0. The fourth-order valence-corrected chi connectivity index (χ4v) is 4.41. The summed E-state index contributed by atoms with van der Waals surface area (Å²) < 4.78 is 0.589. The first-order valence-electron chi connectivity index (χ1n) is 12.5. The summed E-state index contributed by atoms with van der Waals surface area (Å²) in [7, 11) is 0. The second-order valence-electron chi connectivity index (χ2n) is 8.82. The van der Waals surface area contributed by atoms with Crippen molar-refractivity contribution < 1.29 is 19.5 Å². The van der Waals surface area contributed by atoms with E-state index < -0.39 is 5.97 Å². The fourth-order valence-electron chi connectivity index (χ4n) is 4.41. The minimum Gasteiger partial charge on any atom is -0.481 e. The van der Waals surface area contributed by atoms with Crippen LogP contribution in [0.15, 0.2) is 17.1 Å². The maximum atomic E-state index is 11.0. The molecule has 1 rings (SSSR count). The molecule has 1 aliphatic rings. The summed E-state index contributed by atoms with van der Waals surface area (Å²) in [5.41, 5.74) is 0. The molecular weight excluding hydrogens is 376 g/mol. The summed E-state index contributed by atoms with van der Waals surface area (Å²) >= 11 is 0. The number of hydrogen-bond acceptors (Lipinski definition) is 3. The molecule has 0 amide bonds. The average Bonchev–Trinajstić information content (AvgIpc) is 3.12. The Kier molecular flexibility index (Phi) is 15.6. The van der Waals surface area contributed by atoms with Gasteiger partial charge in [0.15, 0.2) is 5.84 Å². The predicted molar refractivity (Wildman–Crippen MR) is 126 cm³/mol. The number of aliphatic imine (C=N–C) groups is 1. The van der Waals surface area contributed by atoms with E-state index in [1.807, 2.05) is 0 Å². The van der Waals surface area contributed by atoms with Crippen molar-refractivity contribution in [3.63, 3.8) is 0 Å². The summed E-state index contributed by atoms with van der Waals surface area (Å²) in [4.78, 5) is 15.7. The third-order valence-corrected chi connectivity index (χ3v) is 6.31. The van der Waals surface area contributed by atoms with Crippen LogP contribution < -0.4 is 0 Å². The molecule has 1 aliphatic heterocycles. The van der Waals surface area contributed by atoms with Gasteiger partial charge in [-0.1, -0.05) is 70.4 Å². The Morgan fingerprint density at radius 3 is 2.13 bits per heavy atom. The zero-order chi connectivity index (χ0) is 21.9. The van der Waals surface area contributed by atoms with Crippen LogP contribution >= 0.6 is 0 Å². The third-order valence-electron chi connectivity index (χ3n) is 6.31. The number of carbonyl (C=O) groups is 1. The van der Waals surface area contributed by atoms with Crippen molar-refractivity contribution >= 4 is 11.8 Å². The lowest BCUT2D eigenvalue weighted by Gasteiger charge is -2.34. The monoisotopic (exact) mass is 423 g/mol. The van der Waals surface area contributed by atoms with Gasteiger partial charge >= 0.3 is 5.97 Å². The SMILES string of the molecule is CCCCCCCCC=CCCCCCCCC1=NCC[N+]1(CCO)CCC(=O)O. The van der Waals surface area contributed by atoms with E-state index in [4.69, 9.17) is 5.11 Å². The largest absolute Gasteiger partial charge is 0.481 e. The van der Waals surface area contributed by atoms with Crippen LogP contribution in [0.25, 0.3) is 0 Å². The molecule has 0 spiro atoms. The van der Waals surface area contributed by atoms with E-state index >= 15 is 0 Å². The van der Waals surface area contributed by atoms with Gasteiger partial charge in [0.25, 0.3) is 0 Å². The lowest BCUT2D eigenvalue weighted by molar-refractivity contribution is -0.836. The fraction of sp³-hybridized carbons (Fsp3) is 0.840. The molecular formula is C25H47N2O3+. The minimum absolute atomic E-state index is 0.0883. The smallest absolute Gasteiger partial charge is 0.309 e. The molecule has 0 saturated heterocycles. The predicted octanol–water partition coefficient (Wildman–Crippen LogP) is 5.72. The number of hydrogen-bond donors (Lipinski definition) is 2. The molecule has 5 nitrogen and oxygen atoms in total. The van der Waals surface area contributed by atoms with Crippen LogP contribution in [0.3, 0.4) is 0 Å². The van der Waals surface area contributed by atoms with Gasteiger partial charge in [-0.05, 0) is 32.1 Å². The second-order valence-corrected chi connectivity index (χ2v) is 8.82. The Morgan fingerprint density at radius 1 is 0.933 bits per heavy atom. The first-order chi connectivity index (χ1) is 14.6. The molecule has 0 saturated carbocycles. The molecule has 0 radical (unpaired) electrons. The van der Waals surface area contributed by atoms with E-state index in [1.54, 1.807) is 0 Å². The van der Waals surface area contributed by atoms with E-state index in [0.29, 0.717) is 17.6 Å². The highest BCUT2D eigenvalue weighted by atomic mass is 16.4. The molecule has 0 aromatic rings. The number of allylic oxidation sites excluding steroid dienone is 2. The van der Waals surface area contributed by atoms with Crippen molar-refractivity contribution in [2.75, 3.05) is 32.8 Å². The van der Waals surface area contributed by atoms with Crippen LogP contribution in [0.2, 0.25) is 0 Å². The zero-order valence-corrected chi connectivity index (χ0v) is 19.5. The summed E-state index contributed by atoms with van der Waals surface area (Å²) in [6.45, 7) is 5.11. The van der Waals surface area contributed by atoms with Gasteiger partial charge < -0.3 is 10.2 Å². The van der Waals surface area contributed by atoms with E-state index in [9.17, 15) is 9.90 Å². The molecule has 0 aromatic heterocycles. The summed E-state index contributed by atoms with van der Waals surface area (Å²) in [6.07, 6.45) is 22.6. The van der Waals surface area contributed by atoms with Crippen molar-refractivity contribution in [3.05, 3.63) is 12.2 Å². The number of unbranched alkanes of at least 4 members (excludes halogenated alkanes) is 11. The van der Waals surface area contributed by atoms with E-state index in [2.05, 4.69) is 24.1 Å². The summed E-state index contributed by atoms with van der Waals surface area (Å²) in [5.74, 6) is 0.348. The van der Waals surface area contributed by atoms with Crippen LogP contribution in [0.1, 0.15) is 103 Å². The second kappa shape index (κ2) is 17.5. The topological polar surface area (TPSA) is 69.9 Å². The maximum Gasteiger partial charge on any atom is 0.309 e. The number of nitrogens with zero attached hydrogens (tertiary/aromatic N) is 2. The van der Waals surface area contributed by atoms with Crippen molar-refractivity contribution in [2.24, 2.45) is 4.99 Å². The number of aliphatic carboxylic acids is 1. The first kappa shape index (κ1) is 26.8. The van der Waals surface area contributed by atoms with Gasteiger partial charge in [0.2, 0.25) is 0 Å². The average molecular weight is 424 g/mol. The maximum absolute atomic E-state index is 11.0. The van der Waals surface area contributed by atoms with Crippen molar-refractivity contribution in [1.82, 2.24) is 0 Å². The first-order valence-corrected chi connectivity index (χ1v) is 12.5. The van der Waals surface area contributed by atoms with Crippen LogP contribution in [0.4, 0.5) is 0 Å². The Hall–Kier alpha value is -1.20. The van der Waals surface area contributed by atoms with Gasteiger partial charge in [0.05, 0.1) is 26.1 Å². The highest BCUT2D eigenvalue weighted by Gasteiger charge is 2.37. The third kappa shape index (κ3) is 11.8. The Morgan fingerprint density at radius 2 is 1.53 bits per heavy atom. The van der Waals surface area contributed by atoms with Crippen molar-refractivity contribution in [2.45, 2.75) is 103 Å². The zero-order valence-electron chi connectivity index (χ0n) is 19.5. The van der Waals surface area contributed by atoms with Gasteiger partial charge in [-0.15, -0.1) is 0 Å². The van der Waals surface area contributed by atoms with E-state index in [1.165, 1.54) is 77.0 Å². The highest BCUT2D eigenvalue weighted by Crippen LogP contribution is 2.21. The normalized spacial score (nSPS) is 18.9. The Labute approximate surface area is 184 Å². The number of carboxylic acids is 1. The molecule has 1 heterocycles. The molecule has 30 heavy (non-hydrogen) atoms. The number of aliphatic hydroxyl groups excluding tert-OH is 1. The van der Waals surface area contributed by atoms with Crippen LogP contribution in [0.5, 0.6) is 0 Å². The molecule has 174 valence electrons. The number of carboxylic acid groups (broad SMARTS) is 1. The molecule has 1 atom stereocenters. The van der Waals surface area contributed by atoms with E-state index in [0.717, 1.165) is 31.8 Å². The Bertz CT molecular complexity index is 505. The number of rotatable bonds is 20. The van der Waals surface area contributed by atoms with Gasteiger partial charge in [0.1, 0.15) is 13.1 Å². The molecule has 0 aliphatic carbocycles. The lowest BCUT2D eigenvalue weighted by atomic mass is 10.1. The van der Waals surface area contributed by atoms with Gasteiger partial charge in [-0.2, -0.15) is 0 Å². The van der Waals surface area contributed by atoms with Gasteiger partial charge in [0, 0.05) is 6.42 Å². The van der Waals surface area contributed by atoms with Crippen molar-refractivity contribution in [1.29, 1.82) is 0 Å². The molecule has 0 bridgehead atoms.